The van der Waals surface area contributed by atoms with Crippen molar-refractivity contribution in [3.8, 4) is 0 Å². The van der Waals surface area contributed by atoms with Gasteiger partial charge in [0.05, 0.1) is 5.75 Å². The molecule has 0 aromatic heterocycles. The van der Waals surface area contributed by atoms with Gasteiger partial charge in [-0.2, -0.15) is 0 Å². The van der Waals surface area contributed by atoms with Gasteiger partial charge in [0, 0.05) is 20.5 Å². The average Bonchev–Trinajstić information content (AvgIpc) is 2.13. The van der Waals surface area contributed by atoms with Gasteiger partial charge in [-0.05, 0) is 6.42 Å². The lowest BCUT2D eigenvalue weighted by atomic mass is 10.3. The standard InChI is InChI=1S/C9H17NO5S/c1-4-7(9(12)13)16(14,15)6-5-8(11)10(2)3/h7H,4-6H2,1-3H3,(H,12,13). The normalized spacial score (nSPS) is 13.2. The zero-order valence-corrected chi connectivity index (χ0v) is 10.5. The molecule has 7 heteroatoms. The average molecular weight is 251 g/mol. The largest absolute Gasteiger partial charge is 0.480 e. The van der Waals surface area contributed by atoms with Gasteiger partial charge in [0.25, 0.3) is 0 Å². The highest BCUT2D eigenvalue weighted by Crippen LogP contribution is 2.09. The molecule has 0 saturated carbocycles. The third-order valence-corrected chi connectivity index (χ3v) is 4.35. The molecule has 0 aliphatic heterocycles. The summed E-state index contributed by atoms with van der Waals surface area (Å²) in [6.07, 6.45) is -0.174. The van der Waals surface area contributed by atoms with Gasteiger partial charge in [0.1, 0.15) is 0 Å². The SMILES string of the molecule is CCC(C(=O)O)S(=O)(=O)CCC(=O)N(C)C. The molecular weight excluding hydrogens is 234 g/mol. The van der Waals surface area contributed by atoms with Crippen LogP contribution in [0.5, 0.6) is 0 Å². The van der Waals surface area contributed by atoms with E-state index in [1.165, 1.54) is 25.9 Å². The van der Waals surface area contributed by atoms with Gasteiger partial charge in [-0.1, -0.05) is 6.92 Å². The van der Waals surface area contributed by atoms with Crippen molar-refractivity contribution < 1.29 is 23.1 Å². The van der Waals surface area contributed by atoms with E-state index in [9.17, 15) is 18.0 Å². The Balaban J connectivity index is 4.58. The van der Waals surface area contributed by atoms with Gasteiger partial charge in [-0.15, -0.1) is 0 Å². The molecule has 0 radical (unpaired) electrons. The Morgan fingerprint density at radius 1 is 1.31 bits per heavy atom. The van der Waals surface area contributed by atoms with Gasteiger partial charge in [-0.25, -0.2) is 8.42 Å². The topological polar surface area (TPSA) is 91.7 Å². The van der Waals surface area contributed by atoms with E-state index >= 15 is 0 Å². The molecule has 1 atom stereocenters. The summed E-state index contributed by atoms with van der Waals surface area (Å²) in [7, 11) is -0.713. The fourth-order valence-corrected chi connectivity index (χ4v) is 2.74. The minimum absolute atomic E-state index is 0.00776. The summed E-state index contributed by atoms with van der Waals surface area (Å²) in [6, 6.07) is 0. The van der Waals surface area contributed by atoms with Crippen LogP contribution in [0.4, 0.5) is 0 Å². The second-order valence-electron chi connectivity index (χ2n) is 3.64. The molecule has 0 bridgehead atoms. The first kappa shape index (κ1) is 14.9. The van der Waals surface area contributed by atoms with Gasteiger partial charge >= 0.3 is 5.97 Å². The molecule has 0 aromatic carbocycles. The summed E-state index contributed by atoms with van der Waals surface area (Å²) in [5, 5.41) is 7.29. The number of nitrogens with zero attached hydrogens (tertiary/aromatic N) is 1. The number of hydrogen-bond acceptors (Lipinski definition) is 4. The van der Waals surface area contributed by atoms with Crippen molar-refractivity contribution >= 4 is 21.7 Å². The molecule has 0 heterocycles. The summed E-state index contributed by atoms with van der Waals surface area (Å²) in [6.45, 7) is 1.49. The Bertz CT molecular complexity index is 360. The number of carboxylic acid groups (broad SMARTS) is 1. The zero-order valence-electron chi connectivity index (χ0n) is 9.63. The van der Waals surface area contributed by atoms with Crippen LogP contribution >= 0.6 is 0 Å². The Hall–Kier alpha value is -1.11. The maximum atomic E-state index is 11.6. The number of amides is 1. The van der Waals surface area contributed by atoms with E-state index in [1.807, 2.05) is 0 Å². The third kappa shape index (κ3) is 4.18. The molecule has 6 nitrogen and oxygen atoms in total. The molecule has 1 unspecified atom stereocenters. The summed E-state index contributed by atoms with van der Waals surface area (Å²) < 4.78 is 23.2. The van der Waals surface area contributed by atoms with Crippen molar-refractivity contribution in [1.82, 2.24) is 4.90 Å². The van der Waals surface area contributed by atoms with E-state index in [0.29, 0.717) is 0 Å². The zero-order chi connectivity index (χ0) is 12.9. The number of carboxylic acids is 1. The van der Waals surface area contributed by atoms with Crippen LogP contribution in [0.1, 0.15) is 19.8 Å². The summed E-state index contributed by atoms with van der Waals surface area (Å²) in [4.78, 5) is 23.1. The van der Waals surface area contributed by atoms with Crippen LogP contribution in [0.15, 0.2) is 0 Å². The number of hydrogen-bond donors (Lipinski definition) is 1. The summed E-state index contributed by atoms with van der Waals surface area (Å²) in [5.74, 6) is -2.11. The molecule has 0 spiro atoms. The van der Waals surface area contributed by atoms with E-state index < -0.39 is 26.8 Å². The Labute approximate surface area is 95.2 Å². The molecule has 1 N–H and O–H groups in total. The number of carbonyl (C=O) groups excluding carboxylic acids is 1. The fourth-order valence-electron chi connectivity index (χ4n) is 1.18. The Morgan fingerprint density at radius 3 is 2.12 bits per heavy atom. The van der Waals surface area contributed by atoms with Crippen LogP contribution in [0, 0.1) is 0 Å². The van der Waals surface area contributed by atoms with E-state index in [1.54, 1.807) is 0 Å². The fraction of sp³-hybridized carbons (Fsp3) is 0.778. The maximum absolute atomic E-state index is 11.6. The van der Waals surface area contributed by atoms with Crippen molar-refractivity contribution in [2.24, 2.45) is 0 Å². The van der Waals surface area contributed by atoms with Crippen molar-refractivity contribution in [1.29, 1.82) is 0 Å². The number of carbonyl (C=O) groups is 2. The highest BCUT2D eigenvalue weighted by atomic mass is 32.2. The third-order valence-electron chi connectivity index (χ3n) is 2.18. The van der Waals surface area contributed by atoms with E-state index in [0.717, 1.165) is 0 Å². The van der Waals surface area contributed by atoms with Crippen LogP contribution in [-0.2, 0) is 19.4 Å². The maximum Gasteiger partial charge on any atom is 0.321 e. The highest BCUT2D eigenvalue weighted by molar-refractivity contribution is 7.92. The summed E-state index contributed by atoms with van der Waals surface area (Å²) in [5.41, 5.74) is 0. The molecule has 0 saturated heterocycles. The summed E-state index contributed by atoms with van der Waals surface area (Å²) >= 11 is 0. The van der Waals surface area contributed by atoms with Crippen LogP contribution < -0.4 is 0 Å². The quantitative estimate of drug-likeness (QED) is 0.702. The minimum Gasteiger partial charge on any atom is -0.480 e. The molecule has 0 fully saturated rings. The highest BCUT2D eigenvalue weighted by Gasteiger charge is 2.30. The predicted molar refractivity (Wildman–Crippen MR) is 58.8 cm³/mol. The first-order valence-corrected chi connectivity index (χ1v) is 6.58. The van der Waals surface area contributed by atoms with Crippen LogP contribution in [0.3, 0.4) is 0 Å². The number of aliphatic carboxylic acids is 1. The van der Waals surface area contributed by atoms with Crippen LogP contribution in [0.25, 0.3) is 0 Å². The lowest BCUT2D eigenvalue weighted by Gasteiger charge is -2.13. The van der Waals surface area contributed by atoms with Gasteiger partial charge in [-0.3, -0.25) is 9.59 Å². The van der Waals surface area contributed by atoms with E-state index in [2.05, 4.69) is 0 Å². The van der Waals surface area contributed by atoms with Gasteiger partial charge in [0.15, 0.2) is 15.1 Å². The number of rotatable bonds is 6. The second kappa shape index (κ2) is 5.83. The molecule has 16 heavy (non-hydrogen) atoms. The molecule has 94 valence electrons. The predicted octanol–water partition coefficient (Wildman–Crippen LogP) is -0.257. The number of sulfone groups is 1. The molecule has 0 aromatic rings. The van der Waals surface area contributed by atoms with Gasteiger partial charge < -0.3 is 10.0 Å². The second-order valence-corrected chi connectivity index (χ2v) is 5.94. The molecule has 0 rings (SSSR count). The lowest BCUT2D eigenvalue weighted by Crippen LogP contribution is -2.33. The van der Waals surface area contributed by atoms with Crippen molar-refractivity contribution in [2.75, 3.05) is 19.8 Å². The van der Waals surface area contributed by atoms with Crippen LogP contribution in [0.2, 0.25) is 0 Å². The molecule has 1 amide bonds. The smallest absolute Gasteiger partial charge is 0.321 e. The van der Waals surface area contributed by atoms with Crippen molar-refractivity contribution in [2.45, 2.75) is 25.0 Å². The van der Waals surface area contributed by atoms with E-state index in [4.69, 9.17) is 5.11 Å². The monoisotopic (exact) mass is 251 g/mol. The van der Waals surface area contributed by atoms with E-state index in [-0.39, 0.29) is 18.7 Å². The minimum atomic E-state index is -3.75. The van der Waals surface area contributed by atoms with Crippen LogP contribution in [-0.4, -0.2) is 55.4 Å². The first-order chi connectivity index (χ1) is 7.22. The van der Waals surface area contributed by atoms with Crippen molar-refractivity contribution in [3.05, 3.63) is 0 Å². The Kier molecular flexibility index (Phi) is 5.43. The lowest BCUT2D eigenvalue weighted by molar-refractivity contribution is -0.136. The molecular formula is C9H17NO5S. The Morgan fingerprint density at radius 2 is 1.81 bits per heavy atom. The first-order valence-electron chi connectivity index (χ1n) is 4.87. The van der Waals surface area contributed by atoms with Crippen molar-refractivity contribution in [3.63, 3.8) is 0 Å². The molecule has 0 aliphatic carbocycles. The molecule has 0 aliphatic rings. The van der Waals surface area contributed by atoms with Gasteiger partial charge in [0.2, 0.25) is 5.91 Å².